The van der Waals surface area contributed by atoms with Gasteiger partial charge in [0.05, 0.1) is 12.9 Å². The third-order valence-corrected chi connectivity index (χ3v) is 4.35. The Bertz CT molecular complexity index is 818. The molecule has 2 fully saturated rings. The zero-order valence-electron chi connectivity index (χ0n) is 12.6. The molecule has 4 rings (SSSR count). The van der Waals surface area contributed by atoms with E-state index in [4.69, 9.17) is 32.2 Å². The number of aliphatic hydroxyl groups excluding tert-OH is 1. The lowest BCUT2D eigenvalue weighted by Crippen LogP contribution is -2.50. The Balaban J connectivity index is 1.73. The van der Waals surface area contributed by atoms with Crippen LogP contribution in [0.25, 0.3) is 11.2 Å². The van der Waals surface area contributed by atoms with Crippen LogP contribution in [0.3, 0.4) is 0 Å². The van der Waals surface area contributed by atoms with Crippen LogP contribution < -0.4 is 5.73 Å². The van der Waals surface area contributed by atoms with E-state index < -0.39 is 24.2 Å². The molecule has 124 valence electrons. The predicted molar refractivity (Wildman–Crippen MR) is 81.9 cm³/mol. The third-order valence-electron chi connectivity index (χ3n) is 4.06. The van der Waals surface area contributed by atoms with E-state index in [2.05, 4.69) is 15.0 Å². The number of nitrogens with zero attached hydrogens (tertiary/aromatic N) is 3. The maximum Gasteiger partial charge on any atom is 0.200 e. The summed E-state index contributed by atoms with van der Waals surface area (Å²) >= 11 is 5.16. The number of imidazole rings is 1. The number of H-pyrrole nitrogens is 1. The number of nitrogens with one attached hydrogen (secondary N) is 1. The number of hydrogen-bond donors (Lipinski definition) is 3. The van der Waals surface area contributed by atoms with E-state index in [1.54, 1.807) is 18.4 Å². The molecule has 10 heteroatoms. The molecule has 0 saturated carbocycles. The first-order valence-corrected chi connectivity index (χ1v) is 7.64. The fourth-order valence-electron chi connectivity index (χ4n) is 3.02. The monoisotopic (exact) mass is 339 g/mol. The number of aliphatic hydroxyl groups is 1. The Morgan fingerprint density at radius 2 is 2.30 bits per heavy atom. The second-order valence-corrected chi connectivity index (χ2v) is 6.51. The van der Waals surface area contributed by atoms with Gasteiger partial charge in [0.1, 0.15) is 29.5 Å². The van der Waals surface area contributed by atoms with Crippen LogP contribution in [0.1, 0.15) is 20.1 Å². The summed E-state index contributed by atoms with van der Waals surface area (Å²) in [6.07, 6.45) is -0.863. The zero-order chi connectivity index (χ0) is 16.4. The van der Waals surface area contributed by atoms with Gasteiger partial charge in [-0.15, -0.1) is 0 Å². The summed E-state index contributed by atoms with van der Waals surface area (Å²) in [5.41, 5.74) is 6.76. The van der Waals surface area contributed by atoms with Gasteiger partial charge in [0.2, 0.25) is 0 Å². The lowest BCUT2D eigenvalue weighted by Gasteiger charge is -2.37. The number of fused-ring (bicyclic) bond motifs is 2. The summed E-state index contributed by atoms with van der Waals surface area (Å²) < 4.78 is 19.2. The fourth-order valence-corrected chi connectivity index (χ4v) is 3.27. The van der Waals surface area contributed by atoms with E-state index in [-0.39, 0.29) is 12.1 Å². The molecule has 0 aromatic carbocycles. The molecule has 4 atom stereocenters. The van der Waals surface area contributed by atoms with Crippen LogP contribution in [-0.2, 0) is 14.2 Å². The minimum atomic E-state index is -0.878. The first-order valence-electron chi connectivity index (χ1n) is 7.23. The van der Waals surface area contributed by atoms with Gasteiger partial charge < -0.3 is 30.0 Å². The predicted octanol–water partition coefficient (Wildman–Crippen LogP) is 0.481. The molecular formula is C13H17N5O4S. The molecule has 23 heavy (non-hydrogen) atoms. The molecule has 2 aromatic rings. The maximum absolute atomic E-state index is 10.6. The van der Waals surface area contributed by atoms with Gasteiger partial charge in [-0.25, -0.2) is 9.97 Å². The summed E-state index contributed by atoms with van der Waals surface area (Å²) in [5, 5.41) is 10.6. The van der Waals surface area contributed by atoms with E-state index in [0.717, 1.165) is 0 Å². The van der Waals surface area contributed by atoms with Gasteiger partial charge in [-0.05, 0) is 13.8 Å². The van der Waals surface area contributed by atoms with Gasteiger partial charge in [-0.1, -0.05) is 12.2 Å². The number of ether oxygens (including phenoxy) is 3. The molecule has 9 nitrogen and oxygen atoms in total. The summed E-state index contributed by atoms with van der Waals surface area (Å²) in [6, 6.07) is 0. The van der Waals surface area contributed by atoms with Crippen molar-refractivity contribution in [2.75, 3.05) is 12.3 Å². The average molecular weight is 339 g/mol. The molecular weight excluding hydrogens is 322 g/mol. The Morgan fingerprint density at radius 3 is 3.09 bits per heavy atom. The van der Waals surface area contributed by atoms with Crippen LogP contribution in [-0.4, -0.2) is 55.3 Å². The second kappa shape index (κ2) is 4.95. The SMILES string of the molecule is CC1(C)OC[C@@H]2O[C@@H](n3cnc4c(=S)nc(N)[nH]c43)[C@@H](O)[C@@H]2O1. The normalized spacial score (nSPS) is 33.0. The molecule has 2 saturated heterocycles. The number of nitrogens with two attached hydrogens (primary N) is 1. The molecule has 2 aromatic heterocycles. The Hall–Kier alpha value is -1.59. The quantitative estimate of drug-likeness (QED) is 0.642. The van der Waals surface area contributed by atoms with Gasteiger partial charge in [0, 0.05) is 0 Å². The molecule has 0 bridgehead atoms. The van der Waals surface area contributed by atoms with E-state index in [0.29, 0.717) is 22.4 Å². The van der Waals surface area contributed by atoms with Crippen molar-refractivity contribution < 1.29 is 19.3 Å². The van der Waals surface area contributed by atoms with Crippen molar-refractivity contribution in [2.45, 2.75) is 44.2 Å². The van der Waals surface area contributed by atoms with Crippen molar-refractivity contribution in [3.63, 3.8) is 0 Å². The van der Waals surface area contributed by atoms with Crippen molar-refractivity contribution in [3.8, 4) is 0 Å². The molecule has 0 amide bonds. The highest BCUT2D eigenvalue weighted by atomic mass is 32.1. The summed E-state index contributed by atoms with van der Waals surface area (Å²) in [4.78, 5) is 11.1. The van der Waals surface area contributed by atoms with Crippen LogP contribution in [0.15, 0.2) is 6.33 Å². The highest BCUT2D eigenvalue weighted by Gasteiger charge is 2.51. The number of hydrogen-bond acceptors (Lipinski definition) is 8. The van der Waals surface area contributed by atoms with E-state index in [1.165, 1.54) is 6.33 Å². The van der Waals surface area contributed by atoms with Gasteiger partial charge in [-0.3, -0.25) is 4.57 Å². The van der Waals surface area contributed by atoms with E-state index >= 15 is 0 Å². The van der Waals surface area contributed by atoms with E-state index in [9.17, 15) is 5.11 Å². The van der Waals surface area contributed by atoms with Crippen molar-refractivity contribution in [2.24, 2.45) is 0 Å². The Morgan fingerprint density at radius 1 is 1.52 bits per heavy atom. The molecule has 0 aliphatic carbocycles. The van der Waals surface area contributed by atoms with Crippen LogP contribution in [0, 0.1) is 4.64 Å². The highest BCUT2D eigenvalue weighted by molar-refractivity contribution is 7.71. The first kappa shape index (κ1) is 15.0. The number of aromatic nitrogens is 4. The minimum Gasteiger partial charge on any atom is -0.386 e. The van der Waals surface area contributed by atoms with Crippen LogP contribution in [0.4, 0.5) is 5.95 Å². The van der Waals surface area contributed by atoms with Crippen molar-refractivity contribution in [3.05, 3.63) is 11.0 Å². The molecule has 2 aliphatic heterocycles. The van der Waals surface area contributed by atoms with Gasteiger partial charge in [0.15, 0.2) is 22.6 Å². The maximum atomic E-state index is 10.6. The standard InChI is InChI=1S/C13H17N5O4S/c1-13(2)20-3-5-8(22-13)7(19)11(21-5)18-4-15-6-9(18)16-12(14)17-10(6)23/h4-5,7-8,11,19H,3H2,1-2H3,(H3,14,16,17,23)/t5-,7-,8+,11+/m0/s1. The van der Waals surface area contributed by atoms with Crippen LogP contribution in [0.5, 0.6) is 0 Å². The van der Waals surface area contributed by atoms with Crippen molar-refractivity contribution in [1.82, 2.24) is 19.5 Å². The molecule has 0 radical (unpaired) electrons. The summed E-state index contributed by atoms with van der Waals surface area (Å²) in [6.45, 7) is 3.95. The molecule has 2 aliphatic rings. The number of rotatable bonds is 1. The van der Waals surface area contributed by atoms with Crippen molar-refractivity contribution >= 4 is 29.3 Å². The molecule has 0 unspecified atom stereocenters. The molecule has 4 heterocycles. The minimum absolute atomic E-state index is 0.176. The Labute approximate surface area is 136 Å². The smallest absolute Gasteiger partial charge is 0.200 e. The number of aromatic amines is 1. The van der Waals surface area contributed by atoms with Crippen molar-refractivity contribution in [1.29, 1.82) is 0 Å². The lowest BCUT2D eigenvalue weighted by molar-refractivity contribution is -0.300. The zero-order valence-corrected chi connectivity index (χ0v) is 13.4. The summed E-state index contributed by atoms with van der Waals surface area (Å²) in [5.74, 6) is -0.582. The number of nitrogen functional groups attached to an aromatic ring is 1. The molecule has 0 spiro atoms. The second-order valence-electron chi connectivity index (χ2n) is 6.13. The Kier molecular flexibility index (Phi) is 3.22. The first-order chi connectivity index (χ1) is 10.9. The highest BCUT2D eigenvalue weighted by Crippen LogP contribution is 2.38. The lowest BCUT2D eigenvalue weighted by atomic mass is 10.1. The molecule has 4 N–H and O–H groups in total. The number of anilines is 1. The van der Waals surface area contributed by atoms with Crippen LogP contribution >= 0.6 is 12.2 Å². The van der Waals surface area contributed by atoms with Gasteiger partial charge in [-0.2, -0.15) is 0 Å². The fraction of sp³-hybridized carbons (Fsp3) is 0.615. The summed E-state index contributed by atoms with van der Waals surface area (Å²) in [7, 11) is 0. The third kappa shape index (κ3) is 2.34. The van der Waals surface area contributed by atoms with Crippen LogP contribution in [0.2, 0.25) is 0 Å². The van der Waals surface area contributed by atoms with E-state index in [1.807, 2.05) is 0 Å². The van der Waals surface area contributed by atoms with Gasteiger partial charge in [0.25, 0.3) is 0 Å². The average Bonchev–Trinajstić information content (AvgIpc) is 3.00. The van der Waals surface area contributed by atoms with Gasteiger partial charge >= 0.3 is 0 Å². The largest absolute Gasteiger partial charge is 0.386 e. The topological polar surface area (TPSA) is 120 Å².